The van der Waals surface area contributed by atoms with E-state index in [9.17, 15) is 4.79 Å². The fourth-order valence-electron chi connectivity index (χ4n) is 1.19. The number of aryl methyl sites for hydroxylation is 1. The lowest BCUT2D eigenvalue weighted by Gasteiger charge is -2.09. The van der Waals surface area contributed by atoms with E-state index >= 15 is 0 Å². The molecule has 1 heterocycles. The molecule has 14 heavy (non-hydrogen) atoms. The molecular formula is C9H15ClN2O2. The fourth-order valence-corrected chi connectivity index (χ4v) is 1.19. The first-order valence-electron chi connectivity index (χ1n) is 4.38. The molecule has 0 aromatic carbocycles. The van der Waals surface area contributed by atoms with Crippen LogP contribution in [0.2, 0.25) is 0 Å². The van der Waals surface area contributed by atoms with E-state index in [-0.39, 0.29) is 18.3 Å². The predicted molar refractivity (Wildman–Crippen MR) is 55.7 cm³/mol. The van der Waals surface area contributed by atoms with Crippen LogP contribution in [0.5, 0.6) is 0 Å². The molecule has 0 aliphatic heterocycles. The summed E-state index contributed by atoms with van der Waals surface area (Å²) >= 11 is 0. The van der Waals surface area contributed by atoms with Crippen molar-refractivity contribution in [3.63, 3.8) is 0 Å². The van der Waals surface area contributed by atoms with Crippen molar-refractivity contribution in [2.24, 2.45) is 5.92 Å². The van der Waals surface area contributed by atoms with Crippen molar-refractivity contribution in [2.45, 2.75) is 26.8 Å². The fraction of sp³-hybridized carbons (Fsp3) is 0.556. The number of aromatic nitrogens is 2. The molecule has 1 aromatic heterocycles. The molecule has 0 radical (unpaired) electrons. The van der Waals surface area contributed by atoms with Crippen molar-refractivity contribution in [2.75, 3.05) is 0 Å². The largest absolute Gasteiger partial charge is 0.481 e. The number of rotatable bonds is 4. The van der Waals surface area contributed by atoms with Crippen molar-refractivity contribution in [3.05, 3.63) is 18.2 Å². The normalized spacial score (nSPS) is 11.9. The van der Waals surface area contributed by atoms with Gasteiger partial charge in [0, 0.05) is 25.4 Å². The molecule has 1 atom stereocenters. The highest BCUT2D eigenvalue weighted by atomic mass is 35.5. The molecule has 1 N–H and O–H groups in total. The van der Waals surface area contributed by atoms with Gasteiger partial charge in [-0.3, -0.25) is 4.79 Å². The number of aliphatic carboxylic acids is 1. The first kappa shape index (κ1) is 13.0. The highest BCUT2D eigenvalue weighted by Gasteiger charge is 2.12. The van der Waals surface area contributed by atoms with Crippen LogP contribution in [0.1, 0.15) is 19.7 Å². The average molecular weight is 219 g/mol. The van der Waals surface area contributed by atoms with Crippen LogP contribution < -0.4 is 0 Å². The van der Waals surface area contributed by atoms with Crippen LogP contribution in [0.15, 0.2) is 12.4 Å². The van der Waals surface area contributed by atoms with Gasteiger partial charge >= 0.3 is 5.97 Å². The lowest BCUT2D eigenvalue weighted by atomic mass is 10.2. The SMILES string of the molecule is CCc1nccn1CC(C)C(=O)O.Cl. The van der Waals surface area contributed by atoms with Crippen LogP contribution in [-0.2, 0) is 17.8 Å². The Morgan fingerprint density at radius 3 is 2.86 bits per heavy atom. The third-order valence-electron chi connectivity index (χ3n) is 2.01. The van der Waals surface area contributed by atoms with E-state index in [4.69, 9.17) is 5.11 Å². The molecule has 0 spiro atoms. The van der Waals surface area contributed by atoms with E-state index in [1.807, 2.05) is 17.7 Å². The van der Waals surface area contributed by atoms with Gasteiger partial charge in [0.25, 0.3) is 0 Å². The topological polar surface area (TPSA) is 55.1 Å². The van der Waals surface area contributed by atoms with Crippen LogP contribution in [0, 0.1) is 5.92 Å². The van der Waals surface area contributed by atoms with Crippen LogP contribution in [0.25, 0.3) is 0 Å². The number of carboxylic acid groups (broad SMARTS) is 1. The number of hydrogen-bond donors (Lipinski definition) is 1. The summed E-state index contributed by atoms with van der Waals surface area (Å²) in [6.07, 6.45) is 4.35. The summed E-state index contributed by atoms with van der Waals surface area (Å²) in [5.74, 6) is -0.191. The molecule has 0 aliphatic carbocycles. The number of carboxylic acids is 1. The summed E-state index contributed by atoms with van der Waals surface area (Å²) in [4.78, 5) is 14.7. The molecule has 4 nitrogen and oxygen atoms in total. The predicted octanol–water partition coefficient (Wildman–Crippen LogP) is 1.59. The van der Waals surface area contributed by atoms with E-state index in [0.29, 0.717) is 6.54 Å². The van der Waals surface area contributed by atoms with Gasteiger partial charge in [-0.15, -0.1) is 12.4 Å². The zero-order chi connectivity index (χ0) is 9.84. The Balaban J connectivity index is 0.00000169. The van der Waals surface area contributed by atoms with Crippen molar-refractivity contribution in [1.29, 1.82) is 0 Å². The minimum atomic E-state index is -0.768. The van der Waals surface area contributed by atoms with E-state index in [2.05, 4.69) is 4.98 Å². The van der Waals surface area contributed by atoms with E-state index < -0.39 is 5.97 Å². The molecular weight excluding hydrogens is 204 g/mol. The molecule has 0 saturated heterocycles. The zero-order valence-electron chi connectivity index (χ0n) is 8.30. The Hall–Kier alpha value is -1.03. The Morgan fingerprint density at radius 2 is 2.36 bits per heavy atom. The Bertz CT molecular complexity index is 299. The van der Waals surface area contributed by atoms with Gasteiger partial charge in [-0.25, -0.2) is 4.98 Å². The number of hydrogen-bond acceptors (Lipinski definition) is 2. The van der Waals surface area contributed by atoms with Gasteiger partial charge in [-0.2, -0.15) is 0 Å². The molecule has 0 bridgehead atoms. The summed E-state index contributed by atoms with van der Waals surface area (Å²) in [7, 11) is 0. The van der Waals surface area contributed by atoms with E-state index in [0.717, 1.165) is 12.2 Å². The molecule has 1 unspecified atom stereocenters. The highest BCUT2D eigenvalue weighted by Crippen LogP contribution is 2.04. The molecule has 0 saturated carbocycles. The van der Waals surface area contributed by atoms with Crippen molar-refractivity contribution < 1.29 is 9.90 Å². The van der Waals surface area contributed by atoms with Gasteiger partial charge in [0.1, 0.15) is 5.82 Å². The molecule has 80 valence electrons. The van der Waals surface area contributed by atoms with Crippen LogP contribution in [0.4, 0.5) is 0 Å². The Kier molecular flexibility index (Phi) is 5.23. The Morgan fingerprint density at radius 1 is 1.71 bits per heavy atom. The maximum Gasteiger partial charge on any atom is 0.308 e. The van der Waals surface area contributed by atoms with Gasteiger partial charge in [-0.1, -0.05) is 13.8 Å². The van der Waals surface area contributed by atoms with Crippen molar-refractivity contribution in [1.82, 2.24) is 9.55 Å². The first-order valence-corrected chi connectivity index (χ1v) is 4.38. The minimum Gasteiger partial charge on any atom is -0.481 e. The number of imidazole rings is 1. The maximum atomic E-state index is 10.6. The molecule has 1 aromatic rings. The lowest BCUT2D eigenvalue weighted by molar-refractivity contribution is -0.141. The van der Waals surface area contributed by atoms with Crippen LogP contribution in [-0.4, -0.2) is 20.6 Å². The van der Waals surface area contributed by atoms with Gasteiger partial charge in [-0.05, 0) is 0 Å². The third-order valence-corrected chi connectivity index (χ3v) is 2.01. The summed E-state index contributed by atoms with van der Waals surface area (Å²) in [6.45, 7) is 4.20. The number of halogens is 1. The molecule has 0 fully saturated rings. The monoisotopic (exact) mass is 218 g/mol. The second-order valence-corrected chi connectivity index (χ2v) is 3.09. The van der Waals surface area contributed by atoms with Crippen LogP contribution in [0.3, 0.4) is 0 Å². The van der Waals surface area contributed by atoms with Gasteiger partial charge in [0.05, 0.1) is 5.92 Å². The van der Waals surface area contributed by atoms with Gasteiger partial charge < -0.3 is 9.67 Å². The third kappa shape index (κ3) is 3.03. The van der Waals surface area contributed by atoms with E-state index in [1.165, 1.54) is 0 Å². The van der Waals surface area contributed by atoms with Gasteiger partial charge in [0.2, 0.25) is 0 Å². The average Bonchev–Trinajstić information content (AvgIpc) is 2.51. The lowest BCUT2D eigenvalue weighted by Crippen LogP contribution is -2.17. The second kappa shape index (κ2) is 5.65. The summed E-state index contributed by atoms with van der Waals surface area (Å²) in [6, 6.07) is 0. The molecule has 0 aliphatic rings. The summed E-state index contributed by atoms with van der Waals surface area (Å²) in [5, 5.41) is 8.71. The number of carbonyl (C=O) groups is 1. The van der Waals surface area contributed by atoms with Crippen LogP contribution >= 0.6 is 12.4 Å². The first-order chi connectivity index (χ1) is 6.15. The smallest absolute Gasteiger partial charge is 0.308 e. The quantitative estimate of drug-likeness (QED) is 0.835. The standard InChI is InChI=1S/C9H14N2O2.ClH/c1-3-8-10-4-5-11(8)6-7(2)9(12)13;/h4-5,7H,3,6H2,1-2H3,(H,12,13);1H. The van der Waals surface area contributed by atoms with Crippen molar-refractivity contribution in [3.8, 4) is 0 Å². The number of nitrogens with zero attached hydrogens (tertiary/aromatic N) is 2. The Labute approximate surface area is 89.4 Å². The van der Waals surface area contributed by atoms with E-state index in [1.54, 1.807) is 13.1 Å². The van der Waals surface area contributed by atoms with Crippen molar-refractivity contribution >= 4 is 18.4 Å². The maximum absolute atomic E-state index is 10.6. The zero-order valence-corrected chi connectivity index (χ0v) is 9.12. The minimum absolute atomic E-state index is 0. The summed E-state index contributed by atoms with van der Waals surface area (Å²) in [5.41, 5.74) is 0. The summed E-state index contributed by atoms with van der Waals surface area (Å²) < 4.78 is 1.89. The highest BCUT2D eigenvalue weighted by molar-refractivity contribution is 5.85. The molecule has 0 amide bonds. The molecule has 5 heteroatoms. The second-order valence-electron chi connectivity index (χ2n) is 3.09. The van der Waals surface area contributed by atoms with Gasteiger partial charge in [0.15, 0.2) is 0 Å². The molecule has 1 rings (SSSR count).